The minimum atomic E-state index is 0.644. The SMILES string of the molecule is c1ccc(-c2nc(-c3ccccc3)nc(-c3cccc(-c4ccc(-c5ccccn5)cc4)c3)n2)cc1.c1ccc(-c2nc(-c3ccccc3)nc(-c3cccc(-c4cccc(-c5ccccn5)c4)c3)n2)cc1. The summed E-state index contributed by atoms with van der Waals surface area (Å²) in [6, 6.07) is 85.6. The molecule has 4 heterocycles. The molecular weight excluding hydrogens is 881 g/mol. The zero-order valence-corrected chi connectivity index (χ0v) is 39.0. The Morgan fingerprint density at radius 3 is 0.792 bits per heavy atom. The van der Waals surface area contributed by atoms with E-state index in [1.54, 1.807) is 0 Å². The van der Waals surface area contributed by atoms with Crippen LogP contribution in [-0.4, -0.2) is 39.9 Å². The molecule has 0 saturated heterocycles. The predicted octanol–water partition coefficient (Wildman–Crippen LogP) is 15.2. The largest absolute Gasteiger partial charge is 0.256 e. The highest BCUT2D eigenvalue weighted by Crippen LogP contribution is 2.32. The molecule has 0 bridgehead atoms. The van der Waals surface area contributed by atoms with Crippen LogP contribution in [0.25, 0.3) is 113 Å². The van der Waals surface area contributed by atoms with E-state index in [1.807, 2.05) is 194 Å². The fourth-order valence-corrected chi connectivity index (χ4v) is 8.31. The van der Waals surface area contributed by atoms with Crippen molar-refractivity contribution < 1.29 is 0 Å². The molecule has 0 spiro atoms. The van der Waals surface area contributed by atoms with Gasteiger partial charge in [-0.15, -0.1) is 0 Å². The molecule has 0 atom stereocenters. The highest BCUT2D eigenvalue weighted by molar-refractivity contribution is 5.77. The van der Waals surface area contributed by atoms with Crippen molar-refractivity contribution in [3.05, 3.63) is 267 Å². The van der Waals surface area contributed by atoms with E-state index in [0.29, 0.717) is 34.9 Å². The maximum Gasteiger partial charge on any atom is 0.164 e. The Kier molecular flexibility index (Phi) is 13.1. The molecule has 72 heavy (non-hydrogen) atoms. The third-order valence-corrected chi connectivity index (χ3v) is 12.0. The molecule has 0 amide bonds. The van der Waals surface area contributed by atoms with Crippen LogP contribution in [0.3, 0.4) is 0 Å². The maximum atomic E-state index is 4.87. The van der Waals surface area contributed by atoms with Crippen molar-refractivity contribution in [2.75, 3.05) is 0 Å². The summed E-state index contributed by atoms with van der Waals surface area (Å²) >= 11 is 0. The molecule has 4 aromatic heterocycles. The lowest BCUT2D eigenvalue weighted by Gasteiger charge is -2.10. The van der Waals surface area contributed by atoms with Crippen LogP contribution in [0, 0.1) is 0 Å². The van der Waals surface area contributed by atoms with E-state index < -0.39 is 0 Å². The van der Waals surface area contributed by atoms with E-state index >= 15 is 0 Å². The van der Waals surface area contributed by atoms with Gasteiger partial charge in [0.15, 0.2) is 34.9 Å². The van der Waals surface area contributed by atoms with E-state index in [9.17, 15) is 0 Å². The first-order valence-corrected chi connectivity index (χ1v) is 23.7. The molecule has 0 aliphatic carbocycles. The minimum Gasteiger partial charge on any atom is -0.256 e. The minimum absolute atomic E-state index is 0.644. The molecule has 0 aliphatic heterocycles. The number of aromatic nitrogens is 8. The number of rotatable bonds is 10. The van der Waals surface area contributed by atoms with Crippen LogP contribution < -0.4 is 0 Å². The molecule has 340 valence electrons. The molecule has 12 rings (SSSR count). The summed E-state index contributed by atoms with van der Waals surface area (Å²) in [5.74, 6) is 3.92. The van der Waals surface area contributed by atoms with Gasteiger partial charge in [0, 0.05) is 56.9 Å². The van der Waals surface area contributed by atoms with Crippen LogP contribution in [-0.2, 0) is 0 Å². The van der Waals surface area contributed by atoms with Crippen molar-refractivity contribution in [3.8, 4) is 113 Å². The third-order valence-electron chi connectivity index (χ3n) is 12.0. The average Bonchev–Trinajstić information content (AvgIpc) is 3.48. The fourth-order valence-electron chi connectivity index (χ4n) is 8.31. The first-order chi connectivity index (χ1) is 35.7. The Morgan fingerprint density at radius 2 is 0.431 bits per heavy atom. The summed E-state index contributed by atoms with van der Waals surface area (Å²) < 4.78 is 0. The molecule has 0 aliphatic rings. The standard InChI is InChI=1S/2C32H22N4/c1-3-11-23(12-4-1)30-34-31(24-13-5-2-6-14-24)36-32(35-30)28-18-10-16-26(22-28)25-15-9-17-27(21-25)29-19-7-8-20-33-29;1-3-10-25(11-4-1)30-34-31(26-12-5-2-6-13-26)36-32(35-30)28-15-9-14-27(22-28)23-17-19-24(20-18-23)29-16-7-8-21-33-29/h2*1-22H. The normalized spacial score (nSPS) is 10.8. The molecule has 0 unspecified atom stereocenters. The van der Waals surface area contributed by atoms with E-state index in [0.717, 1.165) is 78.1 Å². The van der Waals surface area contributed by atoms with Crippen LogP contribution in [0.1, 0.15) is 0 Å². The lowest BCUT2D eigenvalue weighted by atomic mass is 9.99. The lowest BCUT2D eigenvalue weighted by molar-refractivity contribution is 1.07. The number of benzene rings is 8. The van der Waals surface area contributed by atoms with Crippen LogP contribution in [0.5, 0.6) is 0 Å². The molecule has 8 aromatic carbocycles. The van der Waals surface area contributed by atoms with Gasteiger partial charge in [0.05, 0.1) is 11.4 Å². The molecule has 8 nitrogen and oxygen atoms in total. The monoisotopic (exact) mass is 924 g/mol. The highest BCUT2D eigenvalue weighted by Gasteiger charge is 2.15. The van der Waals surface area contributed by atoms with Gasteiger partial charge in [-0.25, -0.2) is 29.9 Å². The molecule has 0 radical (unpaired) electrons. The van der Waals surface area contributed by atoms with Crippen molar-refractivity contribution in [1.82, 2.24) is 39.9 Å². The van der Waals surface area contributed by atoms with Crippen molar-refractivity contribution in [1.29, 1.82) is 0 Å². The predicted molar refractivity (Wildman–Crippen MR) is 290 cm³/mol. The van der Waals surface area contributed by atoms with Crippen LogP contribution >= 0.6 is 0 Å². The van der Waals surface area contributed by atoms with Gasteiger partial charge in [-0.1, -0.05) is 212 Å². The van der Waals surface area contributed by atoms with Crippen LogP contribution in [0.4, 0.5) is 0 Å². The number of hydrogen-bond donors (Lipinski definition) is 0. The number of nitrogens with zero attached hydrogens (tertiary/aromatic N) is 8. The van der Waals surface area contributed by atoms with Gasteiger partial charge in [-0.3, -0.25) is 9.97 Å². The summed E-state index contributed by atoms with van der Waals surface area (Å²) in [7, 11) is 0. The smallest absolute Gasteiger partial charge is 0.164 e. The van der Waals surface area contributed by atoms with Crippen LogP contribution in [0.2, 0.25) is 0 Å². The third kappa shape index (κ3) is 10.4. The van der Waals surface area contributed by atoms with Gasteiger partial charge < -0.3 is 0 Å². The Morgan fingerprint density at radius 1 is 0.167 bits per heavy atom. The maximum absolute atomic E-state index is 4.87. The van der Waals surface area contributed by atoms with Crippen molar-refractivity contribution >= 4 is 0 Å². The molecule has 8 heteroatoms. The van der Waals surface area contributed by atoms with Crippen LogP contribution in [0.15, 0.2) is 267 Å². The molecule has 0 N–H and O–H groups in total. The van der Waals surface area contributed by atoms with Gasteiger partial charge in [-0.2, -0.15) is 0 Å². The van der Waals surface area contributed by atoms with E-state index in [1.165, 1.54) is 0 Å². The number of pyridine rings is 2. The van der Waals surface area contributed by atoms with E-state index in [4.69, 9.17) is 29.9 Å². The van der Waals surface area contributed by atoms with Gasteiger partial charge in [0.25, 0.3) is 0 Å². The topological polar surface area (TPSA) is 103 Å². The molecule has 0 saturated carbocycles. The van der Waals surface area contributed by atoms with Gasteiger partial charge in [0.2, 0.25) is 0 Å². The Labute approximate surface area is 418 Å². The fraction of sp³-hybridized carbons (Fsp3) is 0. The van der Waals surface area contributed by atoms with Gasteiger partial charge in [0.1, 0.15) is 0 Å². The molecule has 0 fully saturated rings. The Hall–Kier alpha value is -9.92. The second-order valence-electron chi connectivity index (χ2n) is 16.8. The second kappa shape index (κ2) is 21.2. The van der Waals surface area contributed by atoms with Crippen molar-refractivity contribution in [2.45, 2.75) is 0 Å². The Bertz CT molecular complexity index is 3600. The highest BCUT2D eigenvalue weighted by atomic mass is 15.0. The zero-order valence-electron chi connectivity index (χ0n) is 39.0. The Balaban J connectivity index is 0.000000156. The zero-order chi connectivity index (χ0) is 48.3. The van der Waals surface area contributed by atoms with Crippen molar-refractivity contribution in [3.63, 3.8) is 0 Å². The quantitative estimate of drug-likeness (QED) is 0.134. The second-order valence-corrected chi connectivity index (χ2v) is 16.8. The average molecular weight is 925 g/mol. The summed E-state index contributed by atoms with van der Waals surface area (Å²) in [5.41, 5.74) is 14.2. The molecule has 12 aromatic rings. The summed E-state index contributed by atoms with van der Waals surface area (Å²) in [5, 5.41) is 0. The van der Waals surface area contributed by atoms with Crippen molar-refractivity contribution in [2.24, 2.45) is 0 Å². The summed E-state index contributed by atoms with van der Waals surface area (Å²) in [4.78, 5) is 38.0. The first kappa shape index (κ1) is 44.6. The van der Waals surface area contributed by atoms with Gasteiger partial charge in [-0.05, 0) is 64.7 Å². The molecular formula is C64H44N8. The lowest BCUT2D eigenvalue weighted by Crippen LogP contribution is -2.00. The first-order valence-electron chi connectivity index (χ1n) is 23.7. The van der Waals surface area contributed by atoms with Gasteiger partial charge >= 0.3 is 0 Å². The summed E-state index contributed by atoms with van der Waals surface area (Å²) in [6.07, 6.45) is 3.63. The van der Waals surface area contributed by atoms with E-state index in [-0.39, 0.29) is 0 Å². The van der Waals surface area contributed by atoms with E-state index in [2.05, 4.69) is 82.8 Å². The summed E-state index contributed by atoms with van der Waals surface area (Å²) in [6.45, 7) is 0. The number of hydrogen-bond acceptors (Lipinski definition) is 8.